The number of urea groups is 1. The Labute approximate surface area is 247 Å². The maximum atomic E-state index is 12.7. The van der Waals surface area contributed by atoms with Gasteiger partial charge in [0.2, 0.25) is 0 Å². The van der Waals surface area contributed by atoms with E-state index in [0.717, 1.165) is 25.1 Å². The second-order valence-corrected chi connectivity index (χ2v) is 12.8. The van der Waals surface area contributed by atoms with E-state index in [1.54, 1.807) is 6.33 Å². The predicted molar refractivity (Wildman–Crippen MR) is 161 cm³/mol. The molecule has 5 atom stereocenters. The number of fused-ring (bicyclic) bond motifs is 2. The minimum atomic E-state index is -0.740. The zero-order valence-electron chi connectivity index (χ0n) is 25.6. The summed E-state index contributed by atoms with van der Waals surface area (Å²) < 4.78 is 21.0. The number of nitrogen functional groups attached to an aromatic ring is 1. The molecule has 3 aromatic rings. The SMILES string of the molecule is CC[C@@H](CCN(C)C[C@H]1OC(n2cnc3c(N)ncnc32)[C@@H]2OC(C)(C)O[C@H]12)NC(=O)Nc1ccc(C(C)(C)C)cc1. The van der Waals surface area contributed by atoms with Crippen molar-refractivity contribution in [2.24, 2.45) is 0 Å². The van der Waals surface area contributed by atoms with E-state index in [-0.39, 0.29) is 35.8 Å². The molecule has 2 aliphatic heterocycles. The van der Waals surface area contributed by atoms with Crippen LogP contribution in [0.4, 0.5) is 16.3 Å². The number of aromatic nitrogens is 4. The van der Waals surface area contributed by atoms with Crippen molar-refractivity contribution in [1.82, 2.24) is 29.7 Å². The van der Waals surface area contributed by atoms with Gasteiger partial charge in [-0.3, -0.25) is 4.57 Å². The van der Waals surface area contributed by atoms with Gasteiger partial charge in [0, 0.05) is 18.3 Å². The van der Waals surface area contributed by atoms with Crippen LogP contribution in [0.15, 0.2) is 36.9 Å². The van der Waals surface area contributed by atoms with Crippen LogP contribution in [0.1, 0.15) is 66.2 Å². The molecule has 2 aliphatic rings. The van der Waals surface area contributed by atoms with Crippen LogP contribution in [0.2, 0.25) is 0 Å². The summed E-state index contributed by atoms with van der Waals surface area (Å²) in [6.45, 7) is 13.8. The van der Waals surface area contributed by atoms with Crippen molar-refractivity contribution in [3.05, 3.63) is 42.5 Å². The summed E-state index contributed by atoms with van der Waals surface area (Å²) in [5.41, 5.74) is 9.19. The highest BCUT2D eigenvalue weighted by molar-refractivity contribution is 5.89. The summed E-state index contributed by atoms with van der Waals surface area (Å²) in [5, 5.41) is 6.08. The molecule has 4 heterocycles. The predicted octanol–water partition coefficient (Wildman–Crippen LogP) is 4.05. The number of anilines is 2. The second-order valence-electron chi connectivity index (χ2n) is 12.8. The Bertz CT molecular complexity index is 1390. The summed E-state index contributed by atoms with van der Waals surface area (Å²) in [7, 11) is 2.05. The lowest BCUT2D eigenvalue weighted by molar-refractivity contribution is -0.197. The topological polar surface area (TPSA) is 142 Å². The van der Waals surface area contributed by atoms with Gasteiger partial charge in [-0.2, -0.15) is 0 Å². The monoisotopic (exact) mass is 580 g/mol. The third kappa shape index (κ3) is 6.51. The van der Waals surface area contributed by atoms with E-state index in [9.17, 15) is 4.79 Å². The zero-order chi connectivity index (χ0) is 30.2. The number of rotatable bonds is 9. The number of hydrogen-bond acceptors (Lipinski definition) is 9. The second kappa shape index (κ2) is 11.8. The maximum absolute atomic E-state index is 12.7. The normalized spacial score (nSPS) is 24.2. The molecular weight excluding hydrogens is 536 g/mol. The molecule has 2 saturated heterocycles. The lowest BCUT2D eigenvalue weighted by Crippen LogP contribution is -2.42. The Morgan fingerprint density at radius 1 is 1.14 bits per heavy atom. The van der Waals surface area contributed by atoms with Crippen LogP contribution in [0, 0.1) is 0 Å². The van der Waals surface area contributed by atoms with Crippen LogP contribution in [-0.4, -0.2) is 80.7 Å². The fraction of sp³-hybridized carbons (Fsp3) is 0.600. The first-order valence-electron chi connectivity index (χ1n) is 14.7. The van der Waals surface area contributed by atoms with Crippen molar-refractivity contribution in [1.29, 1.82) is 0 Å². The van der Waals surface area contributed by atoms with Crippen LogP contribution in [0.5, 0.6) is 0 Å². The number of likely N-dealkylation sites (N-methyl/N-ethyl adjacent to an activating group) is 1. The number of carbonyl (C=O) groups excluding carboxylic acids is 1. The Morgan fingerprint density at radius 3 is 2.55 bits per heavy atom. The van der Waals surface area contributed by atoms with Crippen molar-refractivity contribution in [3.8, 4) is 0 Å². The third-order valence-corrected chi connectivity index (χ3v) is 7.97. The fourth-order valence-electron chi connectivity index (χ4n) is 5.65. The number of amides is 2. The van der Waals surface area contributed by atoms with E-state index in [4.69, 9.17) is 19.9 Å². The number of imidazole rings is 1. The highest BCUT2D eigenvalue weighted by Gasteiger charge is 2.56. The molecule has 0 spiro atoms. The first kappa shape index (κ1) is 30.1. The van der Waals surface area contributed by atoms with Crippen molar-refractivity contribution in [2.75, 3.05) is 31.2 Å². The number of ether oxygens (including phenoxy) is 3. The van der Waals surface area contributed by atoms with Gasteiger partial charge < -0.3 is 35.5 Å². The molecular formula is C30H44N8O4. The number of benzene rings is 1. The fourth-order valence-corrected chi connectivity index (χ4v) is 5.65. The van der Waals surface area contributed by atoms with Crippen molar-refractivity contribution < 1.29 is 19.0 Å². The van der Waals surface area contributed by atoms with Gasteiger partial charge in [0.05, 0.1) is 6.33 Å². The highest BCUT2D eigenvalue weighted by Crippen LogP contribution is 2.44. The zero-order valence-corrected chi connectivity index (χ0v) is 25.6. The first-order chi connectivity index (χ1) is 19.8. The lowest BCUT2D eigenvalue weighted by atomic mass is 9.87. The first-order valence-corrected chi connectivity index (χ1v) is 14.7. The van der Waals surface area contributed by atoms with Crippen LogP contribution in [0.25, 0.3) is 11.2 Å². The molecule has 0 bridgehead atoms. The van der Waals surface area contributed by atoms with Gasteiger partial charge in [0.25, 0.3) is 0 Å². The molecule has 5 rings (SSSR count). The largest absolute Gasteiger partial charge is 0.382 e. The standard InChI is InChI=1S/C30H44N8O4/c1-8-19(35-28(39)36-20-11-9-18(10-12-20)29(2,3)4)13-14-37(7)15-21-23-24(42-30(5,6)41-23)27(40-21)38-17-34-22-25(31)32-16-33-26(22)38/h9-12,16-17,19,21,23-24,27H,8,13-15H2,1-7H3,(H2,31,32,33)(H2,35,36,39)/t19-,21+,23+,24+,27?/m0/s1. The van der Waals surface area contributed by atoms with Crippen LogP contribution in [0.3, 0.4) is 0 Å². The smallest absolute Gasteiger partial charge is 0.319 e. The average molecular weight is 581 g/mol. The van der Waals surface area contributed by atoms with E-state index in [0.29, 0.717) is 23.5 Å². The van der Waals surface area contributed by atoms with Gasteiger partial charge in [-0.15, -0.1) is 0 Å². The molecule has 2 aromatic heterocycles. The quantitative estimate of drug-likeness (QED) is 0.342. The van der Waals surface area contributed by atoms with Crippen molar-refractivity contribution >= 4 is 28.7 Å². The summed E-state index contributed by atoms with van der Waals surface area (Å²) in [5.74, 6) is -0.421. The maximum Gasteiger partial charge on any atom is 0.319 e. The summed E-state index contributed by atoms with van der Waals surface area (Å²) in [6, 6.07) is 7.83. The van der Waals surface area contributed by atoms with E-state index >= 15 is 0 Å². The van der Waals surface area contributed by atoms with Gasteiger partial charge >= 0.3 is 6.03 Å². The molecule has 4 N–H and O–H groups in total. The summed E-state index contributed by atoms with van der Waals surface area (Å²) >= 11 is 0. The molecule has 0 aliphatic carbocycles. The average Bonchev–Trinajstić information content (AvgIpc) is 3.58. The Kier molecular flexibility index (Phi) is 8.44. The molecule has 1 unspecified atom stereocenters. The molecule has 42 heavy (non-hydrogen) atoms. The molecule has 228 valence electrons. The molecule has 2 fully saturated rings. The lowest BCUT2D eigenvalue weighted by Gasteiger charge is -2.28. The Morgan fingerprint density at radius 2 is 1.86 bits per heavy atom. The van der Waals surface area contributed by atoms with Gasteiger partial charge in [-0.05, 0) is 63.4 Å². The van der Waals surface area contributed by atoms with E-state index < -0.39 is 12.0 Å². The molecule has 0 saturated carbocycles. The molecule has 12 heteroatoms. The van der Waals surface area contributed by atoms with Crippen LogP contribution >= 0.6 is 0 Å². The number of nitrogens with two attached hydrogens (primary N) is 1. The van der Waals surface area contributed by atoms with Gasteiger partial charge in [-0.1, -0.05) is 39.8 Å². The minimum Gasteiger partial charge on any atom is -0.382 e. The van der Waals surface area contributed by atoms with Crippen LogP contribution < -0.4 is 16.4 Å². The van der Waals surface area contributed by atoms with Gasteiger partial charge in [0.1, 0.15) is 30.2 Å². The van der Waals surface area contributed by atoms with Crippen molar-refractivity contribution in [2.45, 2.75) is 96.2 Å². The highest BCUT2D eigenvalue weighted by atomic mass is 16.8. The number of hydrogen-bond donors (Lipinski definition) is 3. The number of nitrogens with one attached hydrogen (secondary N) is 2. The minimum absolute atomic E-state index is 0.0266. The Hall–Kier alpha value is -3.32. The molecule has 0 radical (unpaired) electrons. The molecule has 1 aromatic carbocycles. The Balaban J connectivity index is 1.17. The third-order valence-electron chi connectivity index (χ3n) is 7.97. The van der Waals surface area contributed by atoms with Crippen molar-refractivity contribution in [3.63, 3.8) is 0 Å². The van der Waals surface area contributed by atoms with Gasteiger partial charge in [-0.25, -0.2) is 19.7 Å². The number of carbonyl (C=O) groups is 1. The van der Waals surface area contributed by atoms with E-state index in [1.165, 1.54) is 11.9 Å². The van der Waals surface area contributed by atoms with Gasteiger partial charge in [0.15, 0.2) is 23.5 Å². The summed E-state index contributed by atoms with van der Waals surface area (Å²) in [6.07, 6.45) is 3.39. The van der Waals surface area contributed by atoms with Crippen LogP contribution in [-0.2, 0) is 19.6 Å². The molecule has 12 nitrogen and oxygen atoms in total. The van der Waals surface area contributed by atoms with E-state index in [1.807, 2.05) is 30.5 Å². The summed E-state index contributed by atoms with van der Waals surface area (Å²) in [4.78, 5) is 27.8. The molecule has 2 amide bonds. The number of nitrogens with zero attached hydrogens (tertiary/aromatic N) is 5. The van der Waals surface area contributed by atoms with E-state index in [2.05, 4.69) is 77.4 Å².